The lowest BCUT2D eigenvalue weighted by molar-refractivity contribution is 0.420. The van der Waals surface area contributed by atoms with Gasteiger partial charge >= 0.3 is 7.12 Å². The Balaban J connectivity index is 3.33. The maximum Gasteiger partial charge on any atom is 0.494 e. The Morgan fingerprint density at radius 2 is 2.00 bits per heavy atom. The van der Waals surface area contributed by atoms with Crippen molar-refractivity contribution < 1.29 is 18.8 Å². The van der Waals surface area contributed by atoms with Crippen molar-refractivity contribution in [2.75, 3.05) is 0 Å². The van der Waals surface area contributed by atoms with E-state index >= 15 is 0 Å². The minimum absolute atomic E-state index is 0.329. The van der Waals surface area contributed by atoms with Crippen molar-refractivity contribution in [3.05, 3.63) is 22.4 Å². The molecular formula is C5H3BBrF2NO2. The van der Waals surface area contributed by atoms with Crippen LogP contribution in [0.25, 0.3) is 0 Å². The van der Waals surface area contributed by atoms with Gasteiger partial charge < -0.3 is 10.0 Å². The van der Waals surface area contributed by atoms with Gasteiger partial charge in [-0.05, 0) is 15.9 Å². The average Bonchev–Trinajstić information content (AvgIpc) is 1.97. The third-order valence-electron chi connectivity index (χ3n) is 1.22. The summed E-state index contributed by atoms with van der Waals surface area (Å²) in [6.45, 7) is 0. The molecule has 0 amide bonds. The van der Waals surface area contributed by atoms with Gasteiger partial charge in [-0.3, -0.25) is 0 Å². The highest BCUT2D eigenvalue weighted by molar-refractivity contribution is 9.10. The fraction of sp³-hybridized carbons (Fsp3) is 0. The first-order valence-electron chi connectivity index (χ1n) is 2.89. The van der Waals surface area contributed by atoms with Crippen molar-refractivity contribution in [3.8, 4) is 0 Å². The van der Waals surface area contributed by atoms with E-state index in [1.54, 1.807) is 0 Å². The van der Waals surface area contributed by atoms with Gasteiger partial charge in [0, 0.05) is 0 Å². The molecule has 0 radical (unpaired) electrons. The zero-order valence-electron chi connectivity index (χ0n) is 5.63. The molecule has 0 bridgehead atoms. The molecule has 0 atom stereocenters. The number of aromatic nitrogens is 1. The average molecular weight is 238 g/mol. The first kappa shape index (κ1) is 9.56. The van der Waals surface area contributed by atoms with Crippen LogP contribution in [-0.4, -0.2) is 22.2 Å². The second-order valence-electron chi connectivity index (χ2n) is 2.00. The van der Waals surface area contributed by atoms with E-state index in [1.165, 1.54) is 0 Å². The van der Waals surface area contributed by atoms with Crippen LogP contribution < -0.4 is 5.46 Å². The predicted octanol–water partition coefficient (Wildman–Crippen LogP) is -0.198. The molecule has 0 aliphatic heterocycles. The van der Waals surface area contributed by atoms with E-state index < -0.39 is 24.3 Å². The maximum atomic E-state index is 12.7. The summed E-state index contributed by atoms with van der Waals surface area (Å²) in [4.78, 5) is 2.97. The lowest BCUT2D eigenvalue weighted by atomic mass is 9.81. The van der Waals surface area contributed by atoms with Crippen molar-refractivity contribution in [1.82, 2.24) is 4.98 Å². The van der Waals surface area contributed by atoms with Gasteiger partial charge in [-0.15, -0.1) is 0 Å². The van der Waals surface area contributed by atoms with Crippen molar-refractivity contribution in [3.63, 3.8) is 0 Å². The third-order valence-corrected chi connectivity index (χ3v) is 2.02. The quantitative estimate of drug-likeness (QED) is 0.526. The summed E-state index contributed by atoms with van der Waals surface area (Å²) in [5, 5.41) is 17.2. The molecule has 1 aromatic rings. The minimum Gasteiger partial charge on any atom is -0.423 e. The first-order valence-corrected chi connectivity index (χ1v) is 3.69. The fourth-order valence-electron chi connectivity index (χ4n) is 0.679. The number of pyridine rings is 1. The lowest BCUT2D eigenvalue weighted by Gasteiger charge is -2.03. The number of halogens is 3. The zero-order valence-corrected chi connectivity index (χ0v) is 7.22. The van der Waals surface area contributed by atoms with Crippen LogP contribution in [0.3, 0.4) is 0 Å². The first-order chi connectivity index (χ1) is 5.54. The molecule has 0 saturated heterocycles. The van der Waals surface area contributed by atoms with E-state index in [-0.39, 0.29) is 4.47 Å². The second kappa shape index (κ2) is 3.46. The summed E-state index contributed by atoms with van der Waals surface area (Å²) in [6, 6.07) is 0. The standard InChI is InChI=1S/C5H3BBrF2NO2/c7-4-2(8)1-10-5(9)3(4)6(11)12/h1,11-12H. The Morgan fingerprint density at radius 3 is 2.42 bits per heavy atom. The van der Waals surface area contributed by atoms with Gasteiger partial charge in [0.2, 0.25) is 5.95 Å². The highest BCUT2D eigenvalue weighted by Gasteiger charge is 2.23. The summed E-state index contributed by atoms with van der Waals surface area (Å²) in [6.07, 6.45) is 0.644. The van der Waals surface area contributed by atoms with E-state index in [1.807, 2.05) is 0 Å². The molecule has 12 heavy (non-hydrogen) atoms. The molecule has 0 spiro atoms. The Labute approximate surface area is 75.3 Å². The smallest absolute Gasteiger partial charge is 0.423 e. The Kier molecular flexibility index (Phi) is 2.76. The molecule has 2 N–H and O–H groups in total. The van der Waals surface area contributed by atoms with Crippen molar-refractivity contribution >= 4 is 28.5 Å². The van der Waals surface area contributed by atoms with E-state index in [4.69, 9.17) is 10.0 Å². The number of hydrogen-bond donors (Lipinski definition) is 2. The molecule has 1 heterocycles. The summed E-state index contributed by atoms with van der Waals surface area (Å²) < 4.78 is 24.9. The monoisotopic (exact) mass is 237 g/mol. The molecule has 0 aromatic carbocycles. The number of rotatable bonds is 1. The normalized spacial score (nSPS) is 10.1. The highest BCUT2D eigenvalue weighted by atomic mass is 79.9. The van der Waals surface area contributed by atoms with Gasteiger partial charge in [0.15, 0.2) is 5.82 Å². The van der Waals surface area contributed by atoms with E-state index in [2.05, 4.69) is 20.9 Å². The molecule has 0 aliphatic carbocycles. The van der Waals surface area contributed by atoms with Gasteiger partial charge in [-0.1, -0.05) is 0 Å². The van der Waals surface area contributed by atoms with Crippen molar-refractivity contribution in [2.24, 2.45) is 0 Å². The Hall–Kier alpha value is -0.525. The summed E-state index contributed by atoms with van der Waals surface area (Å²) in [7, 11) is -2.08. The van der Waals surface area contributed by atoms with Crippen LogP contribution in [0.2, 0.25) is 0 Å². The fourth-order valence-corrected chi connectivity index (χ4v) is 1.15. The largest absolute Gasteiger partial charge is 0.494 e. The zero-order chi connectivity index (χ0) is 9.30. The highest BCUT2D eigenvalue weighted by Crippen LogP contribution is 2.12. The van der Waals surface area contributed by atoms with Crippen LogP contribution in [0.1, 0.15) is 0 Å². The third kappa shape index (κ3) is 1.62. The maximum absolute atomic E-state index is 12.7. The second-order valence-corrected chi connectivity index (χ2v) is 2.79. The minimum atomic E-state index is -2.08. The van der Waals surface area contributed by atoms with Crippen LogP contribution in [0.15, 0.2) is 10.7 Å². The molecule has 0 fully saturated rings. The van der Waals surface area contributed by atoms with Crippen molar-refractivity contribution in [1.29, 1.82) is 0 Å². The lowest BCUT2D eigenvalue weighted by Crippen LogP contribution is -2.35. The summed E-state index contributed by atoms with van der Waals surface area (Å²) in [5.74, 6) is -1.96. The van der Waals surface area contributed by atoms with Crippen molar-refractivity contribution in [2.45, 2.75) is 0 Å². The molecule has 3 nitrogen and oxygen atoms in total. The van der Waals surface area contributed by atoms with Gasteiger partial charge in [0.05, 0.1) is 16.1 Å². The van der Waals surface area contributed by atoms with Gasteiger partial charge in [0.25, 0.3) is 0 Å². The van der Waals surface area contributed by atoms with Gasteiger partial charge in [-0.2, -0.15) is 4.39 Å². The van der Waals surface area contributed by atoms with Crippen LogP contribution >= 0.6 is 15.9 Å². The Bertz CT molecular complexity index is 310. The molecule has 0 aliphatic rings. The van der Waals surface area contributed by atoms with E-state index in [9.17, 15) is 8.78 Å². The van der Waals surface area contributed by atoms with E-state index in [0.717, 1.165) is 0 Å². The van der Waals surface area contributed by atoms with Crippen LogP contribution in [0, 0.1) is 11.8 Å². The molecule has 0 unspecified atom stereocenters. The molecule has 0 saturated carbocycles. The summed E-state index contributed by atoms with van der Waals surface area (Å²) >= 11 is 2.66. The Morgan fingerprint density at radius 1 is 1.42 bits per heavy atom. The molecule has 1 aromatic heterocycles. The van der Waals surface area contributed by atoms with Crippen LogP contribution in [-0.2, 0) is 0 Å². The van der Waals surface area contributed by atoms with Gasteiger partial charge in [0.1, 0.15) is 0 Å². The number of nitrogens with zero attached hydrogens (tertiary/aromatic N) is 1. The SMILES string of the molecule is OB(O)c1c(F)ncc(F)c1Br. The molecule has 7 heteroatoms. The predicted molar refractivity (Wildman–Crippen MR) is 41.7 cm³/mol. The molecule has 1 rings (SSSR count). The summed E-state index contributed by atoms with van der Waals surface area (Å²) in [5.41, 5.74) is -0.602. The van der Waals surface area contributed by atoms with Crippen LogP contribution in [0.5, 0.6) is 0 Å². The topological polar surface area (TPSA) is 53.4 Å². The number of hydrogen-bond acceptors (Lipinski definition) is 3. The van der Waals surface area contributed by atoms with Gasteiger partial charge in [-0.25, -0.2) is 9.37 Å². The molecule has 64 valence electrons. The molecular weight excluding hydrogens is 235 g/mol. The van der Waals surface area contributed by atoms with E-state index in [0.29, 0.717) is 6.20 Å². The van der Waals surface area contributed by atoms with Crippen LogP contribution in [0.4, 0.5) is 8.78 Å².